The third kappa shape index (κ3) is 5.39. The van der Waals surface area contributed by atoms with Crippen molar-refractivity contribution in [3.05, 3.63) is 58.9 Å². The number of hydrogen-bond donors (Lipinski definition) is 1. The molecule has 2 atom stereocenters. The van der Waals surface area contributed by atoms with Gasteiger partial charge in [-0.2, -0.15) is 0 Å². The van der Waals surface area contributed by atoms with Crippen LogP contribution in [0.1, 0.15) is 52.1 Å². The summed E-state index contributed by atoms with van der Waals surface area (Å²) in [6.45, 7) is 11.7. The number of benzene rings is 1. The molecule has 0 aliphatic carbocycles. The number of aliphatic imine (C=N–C) groups is 1. The second kappa shape index (κ2) is 9.31. The van der Waals surface area contributed by atoms with Gasteiger partial charge < -0.3 is 10.2 Å². The van der Waals surface area contributed by atoms with Crippen molar-refractivity contribution in [1.82, 2.24) is 10.2 Å². The maximum absolute atomic E-state index is 12.9. The van der Waals surface area contributed by atoms with Gasteiger partial charge in [0.1, 0.15) is 0 Å². The van der Waals surface area contributed by atoms with E-state index in [1.807, 2.05) is 44.2 Å². The predicted molar refractivity (Wildman–Crippen MR) is 109 cm³/mol. The Morgan fingerprint density at radius 1 is 1.19 bits per heavy atom. The number of carbonyl (C=O) groups is 2. The third-order valence-corrected chi connectivity index (χ3v) is 5.01. The summed E-state index contributed by atoms with van der Waals surface area (Å²) in [4.78, 5) is 31.0. The Labute approximate surface area is 161 Å². The predicted octanol–water partition coefficient (Wildman–Crippen LogP) is 4.00. The molecule has 1 aromatic carbocycles. The van der Waals surface area contributed by atoms with Crippen LogP contribution in [-0.4, -0.2) is 30.0 Å². The highest BCUT2D eigenvalue weighted by atomic mass is 16.2. The van der Waals surface area contributed by atoms with E-state index in [1.54, 1.807) is 17.9 Å². The lowest BCUT2D eigenvalue weighted by Crippen LogP contribution is -2.48. The fourth-order valence-corrected chi connectivity index (χ4v) is 3.35. The Morgan fingerprint density at radius 2 is 1.85 bits per heavy atom. The lowest BCUT2D eigenvalue weighted by molar-refractivity contribution is -0.148. The van der Waals surface area contributed by atoms with Crippen LogP contribution in [0.3, 0.4) is 0 Å². The van der Waals surface area contributed by atoms with Gasteiger partial charge in [-0.15, -0.1) is 0 Å². The van der Waals surface area contributed by atoms with Gasteiger partial charge in [-0.25, -0.2) is 0 Å². The van der Waals surface area contributed by atoms with Crippen molar-refractivity contribution in [3.63, 3.8) is 0 Å². The van der Waals surface area contributed by atoms with E-state index in [-0.39, 0.29) is 6.04 Å². The number of hydrogen-bond acceptors (Lipinski definition) is 3. The van der Waals surface area contributed by atoms with Gasteiger partial charge in [-0.05, 0) is 63.5 Å². The van der Waals surface area contributed by atoms with Crippen LogP contribution in [0.2, 0.25) is 0 Å². The van der Waals surface area contributed by atoms with Crippen LogP contribution < -0.4 is 5.32 Å². The molecule has 0 saturated carbocycles. The molecule has 0 bridgehead atoms. The van der Waals surface area contributed by atoms with Crippen LogP contribution in [0, 0.1) is 5.92 Å². The summed E-state index contributed by atoms with van der Waals surface area (Å²) < 4.78 is 0. The monoisotopic (exact) mass is 367 g/mol. The molecule has 1 saturated heterocycles. The topological polar surface area (TPSA) is 61.8 Å². The number of allylic oxidation sites excluding steroid dienone is 4. The molecule has 2 amide bonds. The Bertz CT molecular complexity index is 765. The summed E-state index contributed by atoms with van der Waals surface area (Å²) in [5, 5.41) is 2.71. The highest BCUT2D eigenvalue weighted by Gasteiger charge is 2.34. The van der Waals surface area contributed by atoms with Crippen molar-refractivity contribution in [2.75, 3.05) is 6.54 Å². The van der Waals surface area contributed by atoms with Crippen LogP contribution in [0.5, 0.6) is 0 Å². The molecular formula is C22H29N3O2. The zero-order chi connectivity index (χ0) is 20.0. The molecule has 5 heteroatoms. The zero-order valence-electron chi connectivity index (χ0n) is 16.7. The second-order valence-corrected chi connectivity index (χ2v) is 7.27. The van der Waals surface area contributed by atoms with E-state index in [0.29, 0.717) is 18.2 Å². The SMILES string of the molecule is C=N/C(C)=C(C)\C=C(/C)NC(=O)C(=O)N1C[C@@H](C)CC[C@@H]1c1ccccc1. The van der Waals surface area contributed by atoms with Gasteiger partial charge in [0.2, 0.25) is 0 Å². The van der Waals surface area contributed by atoms with Crippen molar-refractivity contribution in [2.24, 2.45) is 10.9 Å². The molecule has 144 valence electrons. The maximum Gasteiger partial charge on any atom is 0.313 e. The number of nitrogens with zero attached hydrogens (tertiary/aromatic N) is 2. The minimum atomic E-state index is -0.601. The minimum Gasteiger partial charge on any atom is -0.327 e. The van der Waals surface area contributed by atoms with E-state index in [0.717, 1.165) is 29.7 Å². The van der Waals surface area contributed by atoms with Gasteiger partial charge >= 0.3 is 11.8 Å². The Kier molecular flexibility index (Phi) is 7.11. The lowest BCUT2D eigenvalue weighted by atomic mass is 9.90. The van der Waals surface area contributed by atoms with Gasteiger partial charge in [-0.3, -0.25) is 14.6 Å². The smallest absolute Gasteiger partial charge is 0.313 e. The standard InChI is InChI=1S/C22H29N3O2/c1-15-11-12-20(19-9-7-6-8-10-19)25(14-15)22(27)21(26)24-17(3)13-16(2)18(4)23-5/h6-10,13,15,20H,5,11-12,14H2,1-4H3,(H,24,26)/b17-13+,18-16-/t15-,20+/m0/s1. The third-order valence-electron chi connectivity index (χ3n) is 5.01. The summed E-state index contributed by atoms with van der Waals surface area (Å²) in [6, 6.07) is 9.87. The van der Waals surface area contributed by atoms with Crippen molar-refractivity contribution in [1.29, 1.82) is 0 Å². The Morgan fingerprint density at radius 3 is 2.48 bits per heavy atom. The number of piperidine rings is 1. The van der Waals surface area contributed by atoms with Gasteiger partial charge in [0.15, 0.2) is 0 Å². The van der Waals surface area contributed by atoms with Crippen LogP contribution in [-0.2, 0) is 9.59 Å². The summed E-state index contributed by atoms with van der Waals surface area (Å²) in [6.07, 6.45) is 3.70. The van der Waals surface area contributed by atoms with Crippen molar-refractivity contribution in [3.8, 4) is 0 Å². The average molecular weight is 367 g/mol. The number of rotatable bonds is 4. The maximum atomic E-state index is 12.9. The van der Waals surface area contributed by atoms with E-state index in [2.05, 4.69) is 24.0 Å². The molecule has 0 radical (unpaired) electrons. The minimum absolute atomic E-state index is 0.0567. The number of nitrogens with one attached hydrogen (secondary N) is 1. The number of amides is 2. The first-order valence-electron chi connectivity index (χ1n) is 9.32. The molecule has 5 nitrogen and oxygen atoms in total. The number of carbonyl (C=O) groups excluding carboxylic acids is 2. The lowest BCUT2D eigenvalue weighted by Gasteiger charge is -2.38. The van der Waals surface area contributed by atoms with E-state index < -0.39 is 11.8 Å². The Balaban J connectivity index is 2.16. The van der Waals surface area contributed by atoms with E-state index in [9.17, 15) is 9.59 Å². The van der Waals surface area contributed by atoms with Crippen molar-refractivity contribution < 1.29 is 9.59 Å². The molecular weight excluding hydrogens is 338 g/mol. The fraction of sp³-hybridized carbons (Fsp3) is 0.409. The van der Waals surface area contributed by atoms with Gasteiger partial charge in [-0.1, -0.05) is 37.3 Å². The van der Waals surface area contributed by atoms with E-state index in [4.69, 9.17) is 0 Å². The summed E-state index contributed by atoms with van der Waals surface area (Å²) in [7, 11) is 0. The first-order valence-corrected chi connectivity index (χ1v) is 9.32. The normalized spacial score (nSPS) is 21.3. The highest BCUT2D eigenvalue weighted by molar-refractivity contribution is 6.35. The molecule has 2 rings (SSSR count). The zero-order valence-corrected chi connectivity index (χ0v) is 16.7. The van der Waals surface area contributed by atoms with Gasteiger partial charge in [0.25, 0.3) is 0 Å². The van der Waals surface area contributed by atoms with Crippen LogP contribution >= 0.6 is 0 Å². The van der Waals surface area contributed by atoms with Crippen LogP contribution in [0.4, 0.5) is 0 Å². The first kappa shape index (κ1) is 20.6. The molecule has 1 aliphatic rings. The second-order valence-electron chi connectivity index (χ2n) is 7.27. The van der Waals surface area contributed by atoms with Crippen molar-refractivity contribution >= 4 is 18.5 Å². The summed E-state index contributed by atoms with van der Waals surface area (Å²) in [5.74, 6) is -0.705. The number of likely N-dealkylation sites (tertiary alicyclic amines) is 1. The van der Waals surface area contributed by atoms with Gasteiger partial charge in [0, 0.05) is 17.9 Å². The van der Waals surface area contributed by atoms with Gasteiger partial charge in [0.05, 0.1) is 6.04 Å². The molecule has 1 heterocycles. The largest absolute Gasteiger partial charge is 0.327 e. The molecule has 0 unspecified atom stereocenters. The molecule has 1 N–H and O–H groups in total. The molecule has 1 fully saturated rings. The quantitative estimate of drug-likeness (QED) is 0.497. The molecule has 0 aromatic heterocycles. The first-order chi connectivity index (χ1) is 12.8. The van der Waals surface area contributed by atoms with Crippen molar-refractivity contribution in [2.45, 2.75) is 46.6 Å². The molecule has 1 aromatic rings. The van der Waals surface area contributed by atoms with E-state index >= 15 is 0 Å². The highest BCUT2D eigenvalue weighted by Crippen LogP contribution is 2.33. The average Bonchev–Trinajstić information content (AvgIpc) is 2.67. The Hall–Kier alpha value is -2.69. The summed E-state index contributed by atoms with van der Waals surface area (Å²) in [5.41, 5.74) is 3.35. The van der Waals surface area contributed by atoms with Crippen LogP contribution in [0.25, 0.3) is 0 Å². The summed E-state index contributed by atoms with van der Waals surface area (Å²) >= 11 is 0. The molecule has 0 spiro atoms. The molecule has 27 heavy (non-hydrogen) atoms. The molecule has 1 aliphatic heterocycles. The fourth-order valence-electron chi connectivity index (χ4n) is 3.35. The van der Waals surface area contributed by atoms with Crippen LogP contribution in [0.15, 0.2) is 58.4 Å². The van der Waals surface area contributed by atoms with E-state index in [1.165, 1.54) is 0 Å².